The minimum absolute atomic E-state index is 0.146. The molecule has 0 spiro atoms. The zero-order chi connectivity index (χ0) is 20.7. The standard InChI is InChI=1S/C22H27FN2O4/c1-24(2)9-10-25-19(13-5-4-6-15(11-13)28-3)18-20(26)16-12-14(23)7-8-17(16)29-21(18)22(25)27/h4-6,11,14,16-17,19H,7-10,12H2,1-3H3. The molecule has 1 saturated carbocycles. The molecule has 4 atom stereocenters. The van der Waals surface area contributed by atoms with Crippen LogP contribution in [0.1, 0.15) is 30.9 Å². The normalized spacial score (nSPS) is 29.1. The number of rotatable bonds is 5. The average Bonchev–Trinajstić information content (AvgIpc) is 2.99. The molecule has 0 N–H and O–H groups in total. The van der Waals surface area contributed by atoms with Crippen molar-refractivity contribution in [2.45, 2.75) is 37.6 Å². The van der Waals surface area contributed by atoms with E-state index in [1.807, 2.05) is 43.3 Å². The van der Waals surface area contributed by atoms with Crippen molar-refractivity contribution >= 4 is 11.7 Å². The summed E-state index contributed by atoms with van der Waals surface area (Å²) in [5, 5.41) is 0. The number of nitrogens with zero attached hydrogens (tertiary/aromatic N) is 2. The predicted molar refractivity (Wildman–Crippen MR) is 105 cm³/mol. The van der Waals surface area contributed by atoms with Gasteiger partial charge in [0.05, 0.1) is 24.6 Å². The molecular weight excluding hydrogens is 375 g/mol. The van der Waals surface area contributed by atoms with Crippen LogP contribution < -0.4 is 4.74 Å². The van der Waals surface area contributed by atoms with Gasteiger partial charge in [-0.25, -0.2) is 4.39 Å². The Morgan fingerprint density at radius 2 is 2.07 bits per heavy atom. The van der Waals surface area contributed by atoms with Crippen molar-refractivity contribution in [3.05, 3.63) is 41.2 Å². The van der Waals surface area contributed by atoms with E-state index < -0.39 is 24.2 Å². The molecule has 156 valence electrons. The number of Topliss-reactive ketones (excluding diaryl/α,β-unsaturated/α-hetero) is 1. The van der Waals surface area contributed by atoms with Crippen molar-refractivity contribution in [3.8, 4) is 5.75 Å². The van der Waals surface area contributed by atoms with E-state index in [1.54, 1.807) is 12.0 Å². The zero-order valence-electron chi connectivity index (χ0n) is 17.1. The van der Waals surface area contributed by atoms with Gasteiger partial charge in [-0.05, 0) is 51.1 Å². The van der Waals surface area contributed by atoms with Crippen molar-refractivity contribution in [1.82, 2.24) is 9.80 Å². The number of ether oxygens (including phenoxy) is 2. The molecule has 29 heavy (non-hydrogen) atoms. The van der Waals surface area contributed by atoms with Crippen molar-refractivity contribution < 1.29 is 23.5 Å². The molecule has 0 bridgehead atoms. The van der Waals surface area contributed by atoms with Gasteiger partial charge in [-0.15, -0.1) is 0 Å². The first-order valence-corrected chi connectivity index (χ1v) is 10.1. The molecule has 0 radical (unpaired) electrons. The zero-order valence-corrected chi connectivity index (χ0v) is 17.1. The van der Waals surface area contributed by atoms with Crippen LogP contribution in [0.25, 0.3) is 0 Å². The van der Waals surface area contributed by atoms with Gasteiger partial charge in [-0.3, -0.25) is 9.59 Å². The summed E-state index contributed by atoms with van der Waals surface area (Å²) in [6, 6.07) is 6.85. The molecule has 1 aromatic rings. The van der Waals surface area contributed by atoms with Gasteiger partial charge < -0.3 is 19.3 Å². The molecule has 1 aliphatic carbocycles. The summed E-state index contributed by atoms with van der Waals surface area (Å²) in [6.07, 6.45) is -0.408. The minimum Gasteiger partial charge on any atom is -0.497 e. The van der Waals surface area contributed by atoms with E-state index in [0.29, 0.717) is 37.3 Å². The summed E-state index contributed by atoms with van der Waals surface area (Å²) in [7, 11) is 5.45. The third kappa shape index (κ3) is 3.52. The van der Waals surface area contributed by atoms with E-state index in [-0.39, 0.29) is 23.9 Å². The molecular formula is C22H27FN2O4. The number of hydrogen-bond donors (Lipinski definition) is 0. The van der Waals surface area contributed by atoms with E-state index in [2.05, 4.69) is 0 Å². The molecule has 3 aliphatic rings. The van der Waals surface area contributed by atoms with Gasteiger partial charge in [0.1, 0.15) is 18.0 Å². The van der Waals surface area contributed by atoms with E-state index in [9.17, 15) is 14.0 Å². The molecule has 0 aromatic heterocycles. The number of amides is 1. The number of halogens is 1. The summed E-state index contributed by atoms with van der Waals surface area (Å²) in [5.74, 6) is -0.122. The summed E-state index contributed by atoms with van der Waals surface area (Å²) in [5.41, 5.74) is 1.17. The molecule has 4 rings (SSSR count). The molecule has 2 heterocycles. The lowest BCUT2D eigenvalue weighted by Gasteiger charge is -2.36. The third-order valence-corrected chi connectivity index (χ3v) is 6.08. The van der Waals surface area contributed by atoms with Crippen molar-refractivity contribution in [1.29, 1.82) is 0 Å². The second-order valence-electron chi connectivity index (χ2n) is 8.26. The highest BCUT2D eigenvalue weighted by molar-refractivity contribution is 6.11. The number of benzene rings is 1. The highest BCUT2D eigenvalue weighted by Crippen LogP contribution is 2.47. The number of alkyl halides is 1. The van der Waals surface area contributed by atoms with E-state index >= 15 is 0 Å². The molecule has 4 unspecified atom stereocenters. The fourth-order valence-electron chi connectivity index (χ4n) is 4.56. The number of likely N-dealkylation sites (N-methyl/N-ethyl adjacent to an activating group) is 1. The van der Waals surface area contributed by atoms with Gasteiger partial charge in [0.2, 0.25) is 0 Å². The summed E-state index contributed by atoms with van der Waals surface area (Å²) in [4.78, 5) is 30.4. The van der Waals surface area contributed by atoms with Crippen LogP contribution in [0.4, 0.5) is 4.39 Å². The van der Waals surface area contributed by atoms with Crippen LogP contribution in [-0.4, -0.2) is 68.1 Å². The molecule has 1 fully saturated rings. The molecule has 6 nitrogen and oxygen atoms in total. The van der Waals surface area contributed by atoms with Crippen LogP contribution in [0.3, 0.4) is 0 Å². The van der Waals surface area contributed by atoms with Crippen LogP contribution in [0.5, 0.6) is 5.75 Å². The lowest BCUT2D eigenvalue weighted by molar-refractivity contribution is -0.136. The second kappa shape index (κ2) is 7.78. The maximum Gasteiger partial charge on any atom is 0.290 e. The maximum atomic E-state index is 14.0. The second-order valence-corrected chi connectivity index (χ2v) is 8.26. The van der Waals surface area contributed by atoms with Gasteiger partial charge >= 0.3 is 0 Å². The monoisotopic (exact) mass is 402 g/mol. The molecule has 1 amide bonds. The Kier molecular flexibility index (Phi) is 5.34. The first-order valence-electron chi connectivity index (χ1n) is 10.1. The van der Waals surface area contributed by atoms with E-state index in [0.717, 1.165) is 5.56 Å². The van der Waals surface area contributed by atoms with Crippen LogP contribution in [0.2, 0.25) is 0 Å². The van der Waals surface area contributed by atoms with Crippen molar-refractivity contribution in [2.24, 2.45) is 5.92 Å². The van der Waals surface area contributed by atoms with E-state index in [1.165, 1.54) is 0 Å². The van der Waals surface area contributed by atoms with Crippen LogP contribution >= 0.6 is 0 Å². The summed E-state index contributed by atoms with van der Waals surface area (Å²) >= 11 is 0. The number of ketones is 1. The number of hydrogen-bond acceptors (Lipinski definition) is 5. The Morgan fingerprint density at radius 3 is 2.79 bits per heavy atom. The van der Waals surface area contributed by atoms with Crippen LogP contribution in [0.15, 0.2) is 35.6 Å². The van der Waals surface area contributed by atoms with Crippen molar-refractivity contribution in [3.63, 3.8) is 0 Å². The number of methoxy groups -OCH3 is 1. The quantitative estimate of drug-likeness (QED) is 0.758. The lowest BCUT2D eigenvalue weighted by Crippen LogP contribution is -2.42. The Balaban J connectivity index is 1.76. The Labute approximate surface area is 170 Å². The first-order chi connectivity index (χ1) is 13.9. The highest BCUT2D eigenvalue weighted by Gasteiger charge is 2.52. The minimum atomic E-state index is -0.997. The number of carbonyl (C=O) groups is 2. The fraction of sp³-hybridized carbons (Fsp3) is 0.545. The summed E-state index contributed by atoms with van der Waals surface area (Å²) < 4.78 is 25.4. The first kappa shape index (κ1) is 19.9. The molecule has 7 heteroatoms. The Hall–Kier alpha value is -2.41. The average molecular weight is 402 g/mol. The molecule has 1 aromatic carbocycles. The Morgan fingerprint density at radius 1 is 1.28 bits per heavy atom. The Bertz CT molecular complexity index is 853. The fourth-order valence-corrected chi connectivity index (χ4v) is 4.56. The van der Waals surface area contributed by atoms with Gasteiger partial charge in [0.25, 0.3) is 5.91 Å². The van der Waals surface area contributed by atoms with Crippen LogP contribution in [-0.2, 0) is 14.3 Å². The summed E-state index contributed by atoms with van der Waals surface area (Å²) in [6.45, 7) is 1.11. The maximum absolute atomic E-state index is 14.0. The largest absolute Gasteiger partial charge is 0.497 e. The number of fused-ring (bicyclic) bond motifs is 1. The van der Waals surface area contributed by atoms with Crippen molar-refractivity contribution in [2.75, 3.05) is 34.3 Å². The van der Waals surface area contributed by atoms with Crippen LogP contribution in [0, 0.1) is 5.92 Å². The van der Waals surface area contributed by atoms with Gasteiger partial charge in [-0.2, -0.15) is 0 Å². The lowest BCUT2D eigenvalue weighted by atomic mass is 9.77. The van der Waals surface area contributed by atoms with Gasteiger partial charge in [0.15, 0.2) is 11.5 Å². The topological polar surface area (TPSA) is 59.1 Å². The third-order valence-electron chi connectivity index (χ3n) is 6.08. The highest BCUT2D eigenvalue weighted by atomic mass is 19.1. The smallest absolute Gasteiger partial charge is 0.290 e. The molecule has 0 saturated heterocycles. The molecule has 2 aliphatic heterocycles. The van der Waals surface area contributed by atoms with Gasteiger partial charge in [-0.1, -0.05) is 12.1 Å². The number of carbonyl (C=O) groups excluding carboxylic acids is 2. The van der Waals surface area contributed by atoms with Gasteiger partial charge in [0, 0.05) is 13.1 Å². The predicted octanol–water partition coefficient (Wildman–Crippen LogP) is 2.50. The van der Waals surface area contributed by atoms with E-state index in [4.69, 9.17) is 9.47 Å². The SMILES string of the molecule is COc1cccc(C2C3=C(OC4CCC(F)CC4C3=O)C(=O)N2CCN(C)C)c1.